The molecule has 2 rings (SSSR count). The molecule has 0 saturated carbocycles. The molecular weight excluding hydrogens is 300 g/mol. The summed E-state index contributed by atoms with van der Waals surface area (Å²) in [6.07, 6.45) is 1.13. The number of anilines is 1. The number of nitrogens with one attached hydrogen (secondary N) is 2. The fourth-order valence-corrected chi connectivity index (χ4v) is 2.77. The Kier molecular flexibility index (Phi) is 4.01. The third-order valence-corrected chi connectivity index (χ3v) is 4.32. The quantitative estimate of drug-likeness (QED) is 0.864. The largest absolute Gasteiger partial charge is 0.381 e. The van der Waals surface area contributed by atoms with Crippen LogP contribution in [0, 0.1) is 5.41 Å². The minimum Gasteiger partial charge on any atom is -0.381 e. The summed E-state index contributed by atoms with van der Waals surface area (Å²) in [6.45, 7) is 6.69. The summed E-state index contributed by atoms with van der Waals surface area (Å²) in [4.78, 5) is 0. The summed E-state index contributed by atoms with van der Waals surface area (Å²) < 4.78 is 1.07. The Morgan fingerprint density at radius 3 is 2.94 bits per heavy atom. The molecule has 0 spiro atoms. The summed E-state index contributed by atoms with van der Waals surface area (Å²) >= 11 is 9.59. The van der Waals surface area contributed by atoms with Crippen LogP contribution in [0.25, 0.3) is 0 Å². The van der Waals surface area contributed by atoms with E-state index in [0.29, 0.717) is 6.04 Å². The van der Waals surface area contributed by atoms with Gasteiger partial charge in [0.25, 0.3) is 0 Å². The monoisotopic (exact) mass is 316 g/mol. The van der Waals surface area contributed by atoms with Crippen LogP contribution in [-0.4, -0.2) is 19.1 Å². The fraction of sp³-hybridized carbons (Fsp3) is 0.538. The van der Waals surface area contributed by atoms with Crippen molar-refractivity contribution < 1.29 is 0 Å². The predicted molar refractivity (Wildman–Crippen MR) is 77.8 cm³/mol. The molecule has 1 aromatic carbocycles. The van der Waals surface area contributed by atoms with Gasteiger partial charge in [0.05, 0.1) is 5.69 Å². The van der Waals surface area contributed by atoms with E-state index >= 15 is 0 Å². The Morgan fingerprint density at radius 2 is 2.24 bits per heavy atom. The van der Waals surface area contributed by atoms with Gasteiger partial charge in [0.2, 0.25) is 0 Å². The van der Waals surface area contributed by atoms with Crippen molar-refractivity contribution in [1.82, 2.24) is 5.32 Å². The van der Waals surface area contributed by atoms with Crippen LogP contribution in [0.4, 0.5) is 5.69 Å². The first-order valence-corrected chi connectivity index (χ1v) is 7.08. The van der Waals surface area contributed by atoms with Gasteiger partial charge in [-0.1, -0.05) is 25.4 Å². The minimum absolute atomic E-state index is 0.250. The first-order chi connectivity index (χ1) is 7.99. The zero-order chi connectivity index (χ0) is 12.5. The van der Waals surface area contributed by atoms with Crippen molar-refractivity contribution in [1.29, 1.82) is 0 Å². The number of halogens is 2. The van der Waals surface area contributed by atoms with E-state index in [1.54, 1.807) is 0 Å². The molecule has 1 aliphatic heterocycles. The molecule has 1 fully saturated rings. The molecule has 2 nitrogen and oxygen atoms in total. The van der Waals surface area contributed by atoms with Crippen LogP contribution >= 0.6 is 27.5 Å². The lowest BCUT2D eigenvalue weighted by Crippen LogP contribution is -2.49. The Hall–Kier alpha value is -0.250. The van der Waals surface area contributed by atoms with Crippen LogP contribution < -0.4 is 10.6 Å². The Bertz CT molecular complexity index is 406. The molecule has 94 valence electrons. The summed E-state index contributed by atoms with van der Waals surface area (Å²) in [5.74, 6) is 0. The first-order valence-electron chi connectivity index (χ1n) is 5.91. The van der Waals surface area contributed by atoms with Gasteiger partial charge in [0.15, 0.2) is 0 Å². The van der Waals surface area contributed by atoms with Crippen LogP contribution in [0.1, 0.15) is 20.3 Å². The zero-order valence-electron chi connectivity index (χ0n) is 10.2. The molecule has 1 unspecified atom stereocenters. The molecule has 1 aliphatic rings. The average Bonchev–Trinajstić information content (AvgIpc) is 2.26. The van der Waals surface area contributed by atoms with Crippen molar-refractivity contribution in [2.24, 2.45) is 5.41 Å². The SMILES string of the molecule is CC1(C)CNCCC1Nc1cc(Cl)ccc1Br. The smallest absolute Gasteiger partial charge is 0.0501 e. The highest BCUT2D eigenvalue weighted by Crippen LogP contribution is 2.32. The standard InChI is InChI=1S/C13H18BrClN2/c1-13(2)8-16-6-5-12(13)17-11-7-9(15)3-4-10(11)14/h3-4,7,12,16-17H,5-6,8H2,1-2H3. The third-order valence-electron chi connectivity index (χ3n) is 3.39. The van der Waals surface area contributed by atoms with E-state index in [-0.39, 0.29) is 5.41 Å². The second kappa shape index (κ2) is 5.17. The van der Waals surface area contributed by atoms with Crippen molar-refractivity contribution in [3.8, 4) is 0 Å². The van der Waals surface area contributed by atoms with Gasteiger partial charge in [-0.3, -0.25) is 0 Å². The second-order valence-electron chi connectivity index (χ2n) is 5.28. The minimum atomic E-state index is 0.250. The Morgan fingerprint density at radius 1 is 1.47 bits per heavy atom. The van der Waals surface area contributed by atoms with Gasteiger partial charge < -0.3 is 10.6 Å². The Balaban J connectivity index is 2.16. The highest BCUT2D eigenvalue weighted by molar-refractivity contribution is 9.10. The zero-order valence-corrected chi connectivity index (χ0v) is 12.5. The highest BCUT2D eigenvalue weighted by atomic mass is 79.9. The summed E-state index contributed by atoms with van der Waals surface area (Å²) in [7, 11) is 0. The van der Waals surface area contributed by atoms with Crippen molar-refractivity contribution in [3.05, 3.63) is 27.7 Å². The van der Waals surface area contributed by atoms with E-state index in [1.165, 1.54) is 0 Å². The highest BCUT2D eigenvalue weighted by Gasteiger charge is 2.32. The molecule has 0 aliphatic carbocycles. The second-order valence-corrected chi connectivity index (χ2v) is 6.57. The number of rotatable bonds is 2. The van der Waals surface area contributed by atoms with E-state index in [2.05, 4.69) is 40.4 Å². The number of benzene rings is 1. The van der Waals surface area contributed by atoms with E-state index in [1.807, 2.05) is 18.2 Å². The predicted octanol–water partition coefficient (Wildman–Crippen LogP) is 3.90. The average molecular weight is 318 g/mol. The van der Waals surface area contributed by atoms with Crippen LogP contribution in [0.15, 0.2) is 22.7 Å². The Labute approximate surface area is 116 Å². The maximum Gasteiger partial charge on any atom is 0.0501 e. The normalized spacial score (nSPS) is 23.4. The van der Waals surface area contributed by atoms with E-state index in [0.717, 1.165) is 34.7 Å². The summed E-state index contributed by atoms with van der Waals surface area (Å²) in [5.41, 5.74) is 1.33. The molecule has 0 aromatic heterocycles. The molecule has 1 saturated heterocycles. The lowest BCUT2D eigenvalue weighted by Gasteiger charge is -2.40. The van der Waals surface area contributed by atoms with Gasteiger partial charge >= 0.3 is 0 Å². The first kappa shape index (κ1) is 13.2. The van der Waals surface area contributed by atoms with Gasteiger partial charge in [-0.25, -0.2) is 0 Å². The van der Waals surface area contributed by atoms with Gasteiger partial charge in [0, 0.05) is 22.1 Å². The molecule has 4 heteroatoms. The molecular formula is C13H18BrClN2. The molecule has 0 radical (unpaired) electrons. The van der Waals surface area contributed by atoms with Crippen LogP contribution in [-0.2, 0) is 0 Å². The number of piperidine rings is 1. The molecule has 1 aromatic rings. The van der Waals surface area contributed by atoms with E-state index in [9.17, 15) is 0 Å². The molecule has 1 heterocycles. The van der Waals surface area contributed by atoms with Crippen LogP contribution in [0.2, 0.25) is 5.02 Å². The third kappa shape index (κ3) is 3.15. The van der Waals surface area contributed by atoms with Crippen LogP contribution in [0.3, 0.4) is 0 Å². The number of hydrogen-bond acceptors (Lipinski definition) is 2. The van der Waals surface area contributed by atoms with Crippen molar-refractivity contribution >= 4 is 33.2 Å². The number of hydrogen-bond donors (Lipinski definition) is 2. The summed E-state index contributed by atoms with van der Waals surface area (Å²) in [5, 5.41) is 7.81. The maximum absolute atomic E-state index is 6.03. The van der Waals surface area contributed by atoms with Gasteiger partial charge in [-0.15, -0.1) is 0 Å². The van der Waals surface area contributed by atoms with Crippen LogP contribution in [0.5, 0.6) is 0 Å². The lowest BCUT2D eigenvalue weighted by molar-refractivity contribution is 0.236. The molecule has 0 amide bonds. The van der Waals surface area contributed by atoms with E-state index < -0.39 is 0 Å². The van der Waals surface area contributed by atoms with Crippen molar-refractivity contribution in [2.45, 2.75) is 26.3 Å². The molecule has 1 atom stereocenters. The molecule has 2 N–H and O–H groups in total. The fourth-order valence-electron chi connectivity index (χ4n) is 2.23. The van der Waals surface area contributed by atoms with Gasteiger partial charge in [-0.2, -0.15) is 0 Å². The maximum atomic E-state index is 6.03. The van der Waals surface area contributed by atoms with Gasteiger partial charge in [0.1, 0.15) is 0 Å². The topological polar surface area (TPSA) is 24.1 Å². The van der Waals surface area contributed by atoms with Crippen molar-refractivity contribution in [2.75, 3.05) is 18.4 Å². The molecule has 17 heavy (non-hydrogen) atoms. The van der Waals surface area contributed by atoms with E-state index in [4.69, 9.17) is 11.6 Å². The van der Waals surface area contributed by atoms with Crippen molar-refractivity contribution in [3.63, 3.8) is 0 Å². The van der Waals surface area contributed by atoms with Gasteiger partial charge in [-0.05, 0) is 52.5 Å². The molecule has 0 bridgehead atoms. The lowest BCUT2D eigenvalue weighted by atomic mass is 9.80. The summed E-state index contributed by atoms with van der Waals surface area (Å²) in [6, 6.07) is 6.32.